The fourth-order valence-electron chi connectivity index (χ4n) is 2.04. The van der Waals surface area contributed by atoms with Crippen LogP contribution in [-0.4, -0.2) is 38.0 Å². The van der Waals surface area contributed by atoms with E-state index < -0.39 is 17.9 Å². The second kappa shape index (κ2) is 6.38. The highest BCUT2D eigenvalue weighted by Crippen LogP contribution is 2.13. The largest absolute Gasteiger partial charge is 0.480 e. The Hall–Kier alpha value is -2.70. The minimum Gasteiger partial charge on any atom is -0.480 e. The fraction of sp³-hybridized carbons (Fsp3) is 0.333. The Morgan fingerprint density at radius 1 is 1.27 bits per heavy atom. The molecule has 0 spiro atoms. The maximum absolute atomic E-state index is 12.1. The first kappa shape index (κ1) is 15.7. The molecule has 7 heteroatoms. The van der Waals surface area contributed by atoms with Crippen molar-refractivity contribution in [1.29, 1.82) is 0 Å². The van der Waals surface area contributed by atoms with Crippen LogP contribution in [0.25, 0.3) is 5.69 Å². The van der Waals surface area contributed by atoms with Crippen LogP contribution in [0.3, 0.4) is 0 Å². The molecule has 0 fully saturated rings. The molecule has 2 rings (SSSR count). The Labute approximate surface area is 128 Å². The van der Waals surface area contributed by atoms with Crippen LogP contribution in [0.2, 0.25) is 0 Å². The van der Waals surface area contributed by atoms with Gasteiger partial charge < -0.3 is 10.4 Å². The molecule has 2 N–H and O–H groups in total. The van der Waals surface area contributed by atoms with Crippen molar-refractivity contribution >= 4 is 11.9 Å². The number of aromatic nitrogens is 3. The highest BCUT2D eigenvalue weighted by molar-refractivity contribution is 5.95. The van der Waals surface area contributed by atoms with E-state index in [4.69, 9.17) is 5.11 Å². The summed E-state index contributed by atoms with van der Waals surface area (Å²) in [7, 11) is 0. The number of nitrogens with zero attached hydrogens (tertiary/aromatic N) is 3. The average molecular weight is 302 g/mol. The average Bonchev–Trinajstić information content (AvgIpc) is 2.87. The van der Waals surface area contributed by atoms with Gasteiger partial charge in [-0.25, -0.2) is 9.48 Å². The van der Waals surface area contributed by atoms with Gasteiger partial charge in [-0.2, -0.15) is 0 Å². The van der Waals surface area contributed by atoms with Crippen molar-refractivity contribution in [3.63, 3.8) is 0 Å². The number of rotatable bonds is 5. The zero-order valence-electron chi connectivity index (χ0n) is 12.7. The summed E-state index contributed by atoms with van der Waals surface area (Å²) in [5, 5.41) is 19.3. The summed E-state index contributed by atoms with van der Waals surface area (Å²) in [5.74, 6) is -1.61. The van der Waals surface area contributed by atoms with E-state index in [-0.39, 0.29) is 5.69 Å². The summed E-state index contributed by atoms with van der Waals surface area (Å²) in [6, 6.07) is 6.70. The van der Waals surface area contributed by atoms with Gasteiger partial charge in [0.1, 0.15) is 6.04 Å². The second-order valence-corrected chi connectivity index (χ2v) is 5.04. The van der Waals surface area contributed by atoms with E-state index in [0.717, 1.165) is 11.3 Å². The van der Waals surface area contributed by atoms with Gasteiger partial charge in [-0.1, -0.05) is 29.8 Å². The number of aryl methyl sites for hydroxylation is 1. The van der Waals surface area contributed by atoms with Crippen molar-refractivity contribution < 1.29 is 14.7 Å². The van der Waals surface area contributed by atoms with Gasteiger partial charge in [0.25, 0.3) is 5.91 Å². The van der Waals surface area contributed by atoms with E-state index in [1.54, 1.807) is 18.5 Å². The van der Waals surface area contributed by atoms with Gasteiger partial charge in [-0.05, 0) is 32.4 Å². The smallest absolute Gasteiger partial charge is 0.326 e. The molecule has 1 unspecified atom stereocenters. The van der Waals surface area contributed by atoms with Crippen LogP contribution in [0.1, 0.15) is 35.1 Å². The highest BCUT2D eigenvalue weighted by Gasteiger charge is 2.23. The zero-order valence-corrected chi connectivity index (χ0v) is 12.7. The Morgan fingerprint density at radius 3 is 2.45 bits per heavy atom. The number of nitrogens with one attached hydrogen (secondary N) is 1. The summed E-state index contributed by atoms with van der Waals surface area (Å²) in [5.41, 5.74) is 2.59. The van der Waals surface area contributed by atoms with Crippen molar-refractivity contribution in [2.45, 2.75) is 33.2 Å². The maximum atomic E-state index is 12.1. The first-order chi connectivity index (χ1) is 10.4. The summed E-state index contributed by atoms with van der Waals surface area (Å²) in [6.45, 7) is 5.39. The minimum absolute atomic E-state index is 0.125. The van der Waals surface area contributed by atoms with Gasteiger partial charge in [0, 0.05) is 0 Å². The molecule has 7 nitrogen and oxygen atoms in total. The molecule has 116 valence electrons. The number of carboxylic acids is 1. The number of benzene rings is 1. The first-order valence-electron chi connectivity index (χ1n) is 6.97. The Morgan fingerprint density at radius 2 is 1.91 bits per heavy atom. The van der Waals surface area contributed by atoms with Crippen LogP contribution in [0.4, 0.5) is 0 Å². The standard InChI is InChI=1S/C15H18N4O3/c1-4-12(15(21)22)16-14(20)13-10(3)19(18-17-13)11-7-5-9(2)6-8-11/h5-8,12H,4H2,1-3H3,(H,16,20)(H,21,22). The molecule has 0 aliphatic carbocycles. The van der Waals surface area contributed by atoms with Crippen molar-refractivity contribution in [3.05, 3.63) is 41.2 Å². The number of carbonyl (C=O) groups excluding carboxylic acids is 1. The van der Waals surface area contributed by atoms with Crippen molar-refractivity contribution in [1.82, 2.24) is 20.3 Å². The van der Waals surface area contributed by atoms with Crippen LogP contribution < -0.4 is 5.32 Å². The lowest BCUT2D eigenvalue weighted by Crippen LogP contribution is -2.40. The predicted molar refractivity (Wildman–Crippen MR) is 80.0 cm³/mol. The third-order valence-corrected chi connectivity index (χ3v) is 3.40. The molecule has 0 radical (unpaired) electrons. The van der Waals surface area contributed by atoms with Gasteiger partial charge in [-0.3, -0.25) is 4.79 Å². The number of hydrogen-bond acceptors (Lipinski definition) is 4. The van der Waals surface area contributed by atoms with E-state index >= 15 is 0 Å². The van der Waals surface area contributed by atoms with Crippen LogP contribution in [0.5, 0.6) is 0 Å². The molecule has 0 bridgehead atoms. The lowest BCUT2D eigenvalue weighted by Gasteiger charge is -2.11. The molecule has 2 aromatic rings. The highest BCUT2D eigenvalue weighted by atomic mass is 16.4. The topological polar surface area (TPSA) is 97.1 Å². The molecule has 1 atom stereocenters. The van der Waals surface area contributed by atoms with Crippen LogP contribution >= 0.6 is 0 Å². The molecule has 0 aliphatic rings. The zero-order chi connectivity index (χ0) is 16.3. The van der Waals surface area contributed by atoms with Gasteiger partial charge in [0.2, 0.25) is 0 Å². The van der Waals surface area contributed by atoms with E-state index in [1.807, 2.05) is 31.2 Å². The van der Waals surface area contributed by atoms with Gasteiger partial charge in [0.15, 0.2) is 5.69 Å². The number of hydrogen-bond donors (Lipinski definition) is 2. The predicted octanol–water partition coefficient (Wildman–Crippen LogP) is 1.48. The Kier molecular flexibility index (Phi) is 4.55. The molecule has 22 heavy (non-hydrogen) atoms. The SMILES string of the molecule is CCC(NC(=O)c1nnn(-c2ccc(C)cc2)c1C)C(=O)O. The first-order valence-corrected chi connectivity index (χ1v) is 6.97. The third kappa shape index (κ3) is 3.13. The number of carbonyl (C=O) groups is 2. The van der Waals surface area contributed by atoms with Crippen molar-refractivity contribution in [2.24, 2.45) is 0 Å². The number of carboxylic acid groups (broad SMARTS) is 1. The van der Waals surface area contributed by atoms with Crippen molar-refractivity contribution in [3.8, 4) is 5.69 Å². The molecule has 0 saturated heterocycles. The van der Waals surface area contributed by atoms with E-state index in [1.165, 1.54) is 0 Å². The number of amides is 1. The number of aliphatic carboxylic acids is 1. The lowest BCUT2D eigenvalue weighted by molar-refractivity contribution is -0.139. The van der Waals surface area contributed by atoms with Crippen LogP contribution in [-0.2, 0) is 4.79 Å². The van der Waals surface area contributed by atoms with Crippen LogP contribution in [0, 0.1) is 13.8 Å². The van der Waals surface area contributed by atoms with Gasteiger partial charge in [-0.15, -0.1) is 5.10 Å². The fourth-order valence-corrected chi connectivity index (χ4v) is 2.04. The summed E-state index contributed by atoms with van der Waals surface area (Å²) < 4.78 is 1.55. The van der Waals surface area contributed by atoms with Crippen molar-refractivity contribution in [2.75, 3.05) is 0 Å². The molecule has 1 aromatic carbocycles. The summed E-state index contributed by atoms with van der Waals surface area (Å²) >= 11 is 0. The maximum Gasteiger partial charge on any atom is 0.326 e. The molecular weight excluding hydrogens is 284 g/mol. The molecular formula is C15H18N4O3. The Balaban J connectivity index is 2.25. The third-order valence-electron chi connectivity index (χ3n) is 3.40. The van der Waals surface area contributed by atoms with E-state index in [2.05, 4.69) is 15.6 Å². The quantitative estimate of drug-likeness (QED) is 0.872. The molecule has 0 saturated carbocycles. The molecule has 1 aromatic heterocycles. The van der Waals surface area contributed by atoms with Crippen LogP contribution in [0.15, 0.2) is 24.3 Å². The summed E-state index contributed by atoms with van der Waals surface area (Å²) in [4.78, 5) is 23.1. The van der Waals surface area contributed by atoms with Gasteiger partial charge in [0.05, 0.1) is 11.4 Å². The summed E-state index contributed by atoms with van der Waals surface area (Å²) in [6.07, 6.45) is 0.298. The Bertz CT molecular complexity index is 691. The molecule has 1 amide bonds. The minimum atomic E-state index is -1.07. The lowest BCUT2D eigenvalue weighted by atomic mass is 10.2. The monoisotopic (exact) mass is 302 g/mol. The normalized spacial score (nSPS) is 12.0. The second-order valence-electron chi connectivity index (χ2n) is 5.04. The van der Waals surface area contributed by atoms with E-state index in [0.29, 0.717) is 12.1 Å². The van der Waals surface area contributed by atoms with Gasteiger partial charge >= 0.3 is 5.97 Å². The van der Waals surface area contributed by atoms with E-state index in [9.17, 15) is 9.59 Å². The molecule has 0 aliphatic heterocycles. The molecule has 1 heterocycles.